The fraction of sp³-hybridized carbons (Fsp3) is 1.00. The van der Waals surface area contributed by atoms with Crippen LogP contribution in [0.1, 0.15) is 157 Å². The van der Waals surface area contributed by atoms with Crippen LogP contribution in [0.4, 0.5) is 0 Å². The number of hydrogen-bond donors (Lipinski definition) is 0. The topological polar surface area (TPSA) is 60.0 Å². The fourth-order valence-electron chi connectivity index (χ4n) is 5.90. The summed E-state index contributed by atoms with van der Waals surface area (Å²) in [5.41, 5.74) is 0. The minimum Gasteiger partial charge on any atom is -0.870 e. The van der Waals surface area contributed by atoms with Gasteiger partial charge in [0.05, 0.1) is 49.3 Å². The van der Waals surface area contributed by atoms with E-state index in [1.807, 2.05) is 0 Å². The number of unbranched alkanes of at least 4 members (excludes halogenated alkanes) is 11. The molecular weight excluding hydrogens is 478 g/mol. The monoisotopic (exact) mass is 551 g/mol. The van der Waals surface area contributed by atoms with Crippen molar-refractivity contribution in [1.82, 2.24) is 0 Å². The summed E-state index contributed by atoms with van der Waals surface area (Å²) >= 11 is 0. The Morgan fingerprint density at radius 1 is 0.250 bits per heavy atom. The summed E-state index contributed by atoms with van der Waals surface area (Å²) in [5, 5.41) is 0. The van der Waals surface area contributed by atoms with E-state index in [1.165, 1.54) is 103 Å². The molecule has 0 spiro atoms. The van der Waals surface area contributed by atoms with Gasteiger partial charge in [-0.1, -0.05) is 92.9 Å². The minimum absolute atomic E-state index is 0. The second-order valence-electron chi connectivity index (χ2n) is 11.7. The van der Waals surface area contributed by atoms with Gasteiger partial charge in [-0.15, -0.1) is 0 Å². The summed E-state index contributed by atoms with van der Waals surface area (Å²) in [6.07, 6.45) is 39.5. The molecule has 2 nitrogen and oxygen atoms in total. The highest BCUT2D eigenvalue weighted by atomic mass is 31.2. The van der Waals surface area contributed by atoms with E-state index < -0.39 is 14.5 Å². The Hall–Kier alpha value is 0.780. The van der Waals surface area contributed by atoms with Gasteiger partial charge in [-0.2, -0.15) is 0 Å². The molecule has 0 bridgehead atoms. The summed E-state index contributed by atoms with van der Waals surface area (Å²) in [6, 6.07) is 0. The maximum Gasteiger partial charge on any atom is 0.0594 e. The Labute approximate surface area is 231 Å². The molecule has 0 aromatic carbocycles. The molecule has 0 amide bonds. The molecule has 0 aliphatic rings. The Balaban J connectivity index is -0.00000544. The first kappa shape index (κ1) is 41.3. The highest BCUT2D eigenvalue weighted by Gasteiger charge is 2.35. The Morgan fingerprint density at radius 2 is 0.417 bits per heavy atom. The van der Waals surface area contributed by atoms with E-state index in [-0.39, 0.29) is 11.0 Å². The van der Waals surface area contributed by atoms with Crippen LogP contribution in [0.2, 0.25) is 0 Å². The SMILES string of the molecule is CCCC[P+](CCCC)(CCCC)CCCCCCCC[P+](CCCC)(CCCC)CCCC.[OH-].[OH-]. The van der Waals surface area contributed by atoms with Crippen LogP contribution >= 0.6 is 14.5 Å². The highest BCUT2D eigenvalue weighted by molar-refractivity contribution is 7.76. The maximum atomic E-state index is 2.40. The molecule has 0 aliphatic heterocycles. The lowest BCUT2D eigenvalue weighted by Gasteiger charge is -2.28. The van der Waals surface area contributed by atoms with Gasteiger partial charge in [0.15, 0.2) is 0 Å². The van der Waals surface area contributed by atoms with Crippen molar-refractivity contribution in [3.63, 3.8) is 0 Å². The normalized spacial score (nSPS) is 11.8. The van der Waals surface area contributed by atoms with Crippen LogP contribution in [-0.4, -0.2) is 60.2 Å². The van der Waals surface area contributed by atoms with Gasteiger partial charge in [0.2, 0.25) is 0 Å². The fourth-order valence-corrected chi connectivity index (χ4v) is 16.3. The highest BCUT2D eigenvalue weighted by Crippen LogP contribution is 2.62. The standard InChI is InChI=1S/C32H70P2.2H2O/c1-7-13-25-33(26-14-8-2,27-15-9-3)31-23-21-19-20-22-24-32-34(28-16-10-4,29-17-11-5)30-18-12-6;;/h7-32H2,1-6H3;2*1H2/q+2;;/p-2. The van der Waals surface area contributed by atoms with Crippen molar-refractivity contribution in [3.8, 4) is 0 Å². The van der Waals surface area contributed by atoms with Crippen molar-refractivity contribution in [1.29, 1.82) is 0 Å². The smallest absolute Gasteiger partial charge is 0.0594 e. The third-order valence-corrected chi connectivity index (χ3v) is 18.6. The molecule has 0 radical (unpaired) electrons. The van der Waals surface area contributed by atoms with Gasteiger partial charge >= 0.3 is 0 Å². The molecule has 0 saturated carbocycles. The van der Waals surface area contributed by atoms with Gasteiger partial charge < -0.3 is 11.0 Å². The van der Waals surface area contributed by atoms with Crippen molar-refractivity contribution in [2.24, 2.45) is 0 Å². The van der Waals surface area contributed by atoms with Crippen LogP contribution in [0.5, 0.6) is 0 Å². The molecule has 0 unspecified atom stereocenters. The summed E-state index contributed by atoms with van der Waals surface area (Å²) in [7, 11) is -1.31. The molecular formula is C32H72O2P2. The predicted octanol–water partition coefficient (Wildman–Crippen LogP) is 11.8. The lowest BCUT2D eigenvalue weighted by molar-refractivity contribution is 0.624. The van der Waals surface area contributed by atoms with E-state index in [0.717, 1.165) is 0 Å². The second-order valence-corrected chi connectivity index (χ2v) is 20.7. The molecule has 2 N–H and O–H groups in total. The third kappa shape index (κ3) is 20.7. The van der Waals surface area contributed by atoms with Crippen molar-refractivity contribution in [3.05, 3.63) is 0 Å². The van der Waals surface area contributed by atoms with E-state index in [9.17, 15) is 0 Å². The first-order valence-electron chi connectivity index (χ1n) is 16.3. The average molecular weight is 551 g/mol. The van der Waals surface area contributed by atoms with E-state index in [4.69, 9.17) is 0 Å². The molecule has 0 rings (SSSR count). The molecule has 36 heavy (non-hydrogen) atoms. The molecule has 0 aliphatic carbocycles. The zero-order valence-corrected chi connectivity index (χ0v) is 28.0. The molecule has 0 aromatic rings. The molecule has 4 heteroatoms. The zero-order valence-electron chi connectivity index (χ0n) is 26.2. The zero-order chi connectivity index (χ0) is 25.4. The Morgan fingerprint density at radius 3 is 0.611 bits per heavy atom. The van der Waals surface area contributed by atoms with Crippen molar-refractivity contribution < 1.29 is 11.0 Å². The largest absolute Gasteiger partial charge is 0.870 e. The first-order valence-corrected chi connectivity index (χ1v) is 21.3. The quantitative estimate of drug-likeness (QED) is 0.0754. The molecule has 0 heterocycles. The van der Waals surface area contributed by atoms with Crippen LogP contribution in [0.3, 0.4) is 0 Å². The summed E-state index contributed by atoms with van der Waals surface area (Å²) < 4.78 is 0. The van der Waals surface area contributed by atoms with E-state index in [2.05, 4.69) is 41.5 Å². The van der Waals surface area contributed by atoms with Gasteiger partial charge in [0.25, 0.3) is 0 Å². The van der Waals surface area contributed by atoms with Gasteiger partial charge in [0, 0.05) is 14.5 Å². The average Bonchev–Trinajstić information content (AvgIpc) is 2.86. The summed E-state index contributed by atoms with van der Waals surface area (Å²) in [6.45, 7) is 14.4. The van der Waals surface area contributed by atoms with E-state index >= 15 is 0 Å². The van der Waals surface area contributed by atoms with E-state index in [0.29, 0.717) is 0 Å². The van der Waals surface area contributed by atoms with Gasteiger partial charge in [-0.05, 0) is 64.2 Å². The summed E-state index contributed by atoms with van der Waals surface area (Å²) in [5.74, 6) is 0. The molecule has 0 fully saturated rings. The lowest BCUT2D eigenvalue weighted by Crippen LogP contribution is -2.13. The van der Waals surface area contributed by atoms with Gasteiger partial charge in [-0.3, -0.25) is 0 Å². The van der Waals surface area contributed by atoms with Crippen LogP contribution in [0.25, 0.3) is 0 Å². The number of hydrogen-bond acceptors (Lipinski definition) is 2. The van der Waals surface area contributed by atoms with Crippen LogP contribution in [0, 0.1) is 0 Å². The molecule has 0 atom stereocenters. The van der Waals surface area contributed by atoms with Gasteiger partial charge in [0.1, 0.15) is 0 Å². The Kier molecular flexibility index (Phi) is 33.0. The van der Waals surface area contributed by atoms with Crippen molar-refractivity contribution >= 4 is 14.5 Å². The molecule has 0 aromatic heterocycles. The molecule has 222 valence electrons. The number of rotatable bonds is 27. The van der Waals surface area contributed by atoms with Gasteiger partial charge in [-0.25, -0.2) is 0 Å². The maximum absolute atomic E-state index is 2.40. The Bertz CT molecular complexity index is 335. The van der Waals surface area contributed by atoms with Crippen molar-refractivity contribution in [2.45, 2.75) is 157 Å². The van der Waals surface area contributed by atoms with Crippen LogP contribution < -0.4 is 0 Å². The minimum atomic E-state index is -0.657. The first-order chi connectivity index (χ1) is 16.6. The molecule has 0 saturated heterocycles. The third-order valence-electron chi connectivity index (χ3n) is 8.43. The summed E-state index contributed by atoms with van der Waals surface area (Å²) in [4.78, 5) is 0. The predicted molar refractivity (Wildman–Crippen MR) is 174 cm³/mol. The van der Waals surface area contributed by atoms with Crippen LogP contribution in [-0.2, 0) is 0 Å². The second kappa shape index (κ2) is 28.8. The van der Waals surface area contributed by atoms with Crippen LogP contribution in [0.15, 0.2) is 0 Å². The van der Waals surface area contributed by atoms with Crippen molar-refractivity contribution in [2.75, 3.05) is 49.3 Å². The van der Waals surface area contributed by atoms with E-state index in [1.54, 1.807) is 62.1 Å². The lowest BCUT2D eigenvalue weighted by atomic mass is 10.1.